The first-order valence-corrected chi connectivity index (χ1v) is 5.36. The molecule has 2 heteroatoms. The molecule has 0 saturated heterocycles. The van der Waals surface area contributed by atoms with Gasteiger partial charge in [0.05, 0.1) is 25.2 Å². The molecule has 0 fully saturated rings. The van der Waals surface area contributed by atoms with E-state index in [2.05, 4.69) is 25.1 Å². The summed E-state index contributed by atoms with van der Waals surface area (Å²) >= 11 is 0. The van der Waals surface area contributed by atoms with Crippen LogP contribution in [0.15, 0.2) is 12.2 Å². The summed E-state index contributed by atoms with van der Waals surface area (Å²) in [6, 6.07) is 2.17. The molecule has 0 saturated carbocycles. The van der Waals surface area contributed by atoms with Gasteiger partial charge in [-0.1, -0.05) is 19.1 Å². The first kappa shape index (κ1) is 11.3. The maximum Gasteiger partial charge on any atom is 0.0677 e. The fraction of sp³-hybridized carbons (Fsp3) is 0.750. The molecule has 0 radical (unpaired) electrons. The molecule has 0 heterocycles. The molecule has 3 unspecified atom stereocenters. The smallest absolute Gasteiger partial charge is 0.0677 e. The Morgan fingerprint density at radius 2 is 2.21 bits per heavy atom. The molecule has 0 aromatic rings. The van der Waals surface area contributed by atoms with Crippen LogP contribution in [0.25, 0.3) is 0 Å². The second-order valence-electron chi connectivity index (χ2n) is 4.25. The van der Waals surface area contributed by atoms with E-state index in [9.17, 15) is 0 Å². The summed E-state index contributed by atoms with van der Waals surface area (Å²) < 4.78 is 5.54. The van der Waals surface area contributed by atoms with Crippen LogP contribution in [0.5, 0.6) is 0 Å². The lowest BCUT2D eigenvalue weighted by Crippen LogP contribution is -2.20. The minimum atomic E-state index is 0.0180. The predicted molar refractivity (Wildman–Crippen MR) is 56.6 cm³/mol. The molecule has 0 bridgehead atoms. The van der Waals surface area contributed by atoms with E-state index in [1.54, 1.807) is 0 Å². The highest BCUT2D eigenvalue weighted by Crippen LogP contribution is 2.25. The summed E-state index contributed by atoms with van der Waals surface area (Å²) in [4.78, 5) is 0. The number of rotatable bonds is 4. The van der Waals surface area contributed by atoms with E-state index in [0.29, 0.717) is 12.5 Å². The molecule has 0 aromatic carbocycles. The Morgan fingerprint density at radius 3 is 2.86 bits per heavy atom. The van der Waals surface area contributed by atoms with E-state index in [4.69, 9.17) is 10.00 Å². The topological polar surface area (TPSA) is 33.0 Å². The van der Waals surface area contributed by atoms with Crippen LogP contribution < -0.4 is 0 Å². The van der Waals surface area contributed by atoms with Crippen molar-refractivity contribution in [3.63, 3.8) is 0 Å². The van der Waals surface area contributed by atoms with Crippen LogP contribution in [-0.2, 0) is 4.74 Å². The van der Waals surface area contributed by atoms with Crippen molar-refractivity contribution in [2.45, 2.75) is 26.7 Å². The Balaban J connectivity index is 2.18. The van der Waals surface area contributed by atoms with Gasteiger partial charge in [0.2, 0.25) is 0 Å². The summed E-state index contributed by atoms with van der Waals surface area (Å²) in [5.74, 6) is 1.38. The zero-order valence-electron chi connectivity index (χ0n) is 9.07. The van der Waals surface area contributed by atoms with Crippen LogP contribution in [0, 0.1) is 29.1 Å². The number of nitrogens with zero attached hydrogens (tertiary/aromatic N) is 1. The normalized spacial score (nSPS) is 28.4. The molecular formula is C12H19NO. The van der Waals surface area contributed by atoms with Gasteiger partial charge in [0, 0.05) is 0 Å². The summed E-state index contributed by atoms with van der Waals surface area (Å²) in [6.07, 6.45) is 6.78. The predicted octanol–water partition coefficient (Wildman–Crippen LogP) is 2.76. The van der Waals surface area contributed by atoms with Crippen LogP contribution in [0.3, 0.4) is 0 Å². The average molecular weight is 193 g/mol. The van der Waals surface area contributed by atoms with E-state index < -0.39 is 0 Å². The maximum absolute atomic E-state index is 8.58. The Hall–Kier alpha value is -0.810. The van der Waals surface area contributed by atoms with E-state index in [1.165, 1.54) is 6.42 Å². The number of hydrogen-bond donors (Lipinski definition) is 0. The Labute approximate surface area is 86.6 Å². The number of hydrogen-bond acceptors (Lipinski definition) is 2. The summed E-state index contributed by atoms with van der Waals surface area (Å²) in [7, 11) is 0. The highest BCUT2D eigenvalue weighted by Gasteiger charge is 2.18. The van der Waals surface area contributed by atoms with Crippen LogP contribution in [0.4, 0.5) is 0 Å². The molecule has 2 nitrogen and oxygen atoms in total. The average Bonchev–Trinajstić information content (AvgIpc) is 2.20. The van der Waals surface area contributed by atoms with Crippen molar-refractivity contribution < 1.29 is 4.74 Å². The fourth-order valence-electron chi connectivity index (χ4n) is 1.67. The van der Waals surface area contributed by atoms with Crippen molar-refractivity contribution in [1.82, 2.24) is 0 Å². The minimum Gasteiger partial charge on any atom is -0.380 e. The minimum absolute atomic E-state index is 0.0180. The molecule has 1 aliphatic rings. The molecule has 0 N–H and O–H groups in total. The molecule has 0 amide bonds. The molecule has 14 heavy (non-hydrogen) atoms. The van der Waals surface area contributed by atoms with Crippen molar-refractivity contribution in [2.75, 3.05) is 13.2 Å². The second-order valence-corrected chi connectivity index (χ2v) is 4.25. The van der Waals surface area contributed by atoms with Crippen LogP contribution >= 0.6 is 0 Å². The number of allylic oxidation sites excluding steroid dienone is 2. The van der Waals surface area contributed by atoms with Gasteiger partial charge >= 0.3 is 0 Å². The largest absolute Gasteiger partial charge is 0.380 e. The lowest BCUT2D eigenvalue weighted by atomic mass is 9.85. The zero-order valence-corrected chi connectivity index (χ0v) is 9.07. The Bertz CT molecular complexity index is 229. The SMILES string of the molecule is CC(C#N)COCC1CC=CCC1C. The molecule has 0 aliphatic heterocycles. The van der Waals surface area contributed by atoms with Gasteiger partial charge in [-0.05, 0) is 31.6 Å². The maximum atomic E-state index is 8.58. The van der Waals surface area contributed by atoms with Crippen molar-refractivity contribution in [2.24, 2.45) is 17.8 Å². The van der Waals surface area contributed by atoms with Gasteiger partial charge in [-0.15, -0.1) is 0 Å². The highest BCUT2D eigenvalue weighted by atomic mass is 16.5. The van der Waals surface area contributed by atoms with E-state index >= 15 is 0 Å². The van der Waals surface area contributed by atoms with Gasteiger partial charge in [-0.3, -0.25) is 0 Å². The summed E-state index contributed by atoms with van der Waals surface area (Å²) in [6.45, 7) is 5.54. The van der Waals surface area contributed by atoms with Gasteiger partial charge < -0.3 is 4.74 Å². The first-order chi connectivity index (χ1) is 6.74. The Morgan fingerprint density at radius 1 is 1.50 bits per heavy atom. The monoisotopic (exact) mass is 193 g/mol. The van der Waals surface area contributed by atoms with Crippen molar-refractivity contribution in [3.05, 3.63) is 12.2 Å². The lowest BCUT2D eigenvalue weighted by molar-refractivity contribution is 0.0683. The van der Waals surface area contributed by atoms with Crippen LogP contribution in [0.2, 0.25) is 0 Å². The van der Waals surface area contributed by atoms with Gasteiger partial charge in [0.25, 0.3) is 0 Å². The Kier molecular flexibility index (Phi) is 4.69. The third kappa shape index (κ3) is 3.51. The highest BCUT2D eigenvalue weighted by molar-refractivity contribution is 4.93. The summed E-state index contributed by atoms with van der Waals surface area (Å²) in [5, 5.41) is 8.58. The molecular weight excluding hydrogens is 174 g/mol. The molecule has 0 spiro atoms. The molecule has 0 aromatic heterocycles. The van der Waals surface area contributed by atoms with E-state index in [1.807, 2.05) is 6.92 Å². The third-order valence-corrected chi connectivity index (χ3v) is 2.84. The first-order valence-electron chi connectivity index (χ1n) is 5.36. The second kappa shape index (κ2) is 5.82. The zero-order chi connectivity index (χ0) is 10.4. The molecule has 1 aliphatic carbocycles. The van der Waals surface area contributed by atoms with E-state index in [-0.39, 0.29) is 5.92 Å². The van der Waals surface area contributed by atoms with Crippen LogP contribution in [0.1, 0.15) is 26.7 Å². The third-order valence-electron chi connectivity index (χ3n) is 2.84. The van der Waals surface area contributed by atoms with Crippen molar-refractivity contribution in [1.29, 1.82) is 5.26 Å². The van der Waals surface area contributed by atoms with Gasteiger partial charge in [-0.25, -0.2) is 0 Å². The molecule has 78 valence electrons. The number of ether oxygens (including phenoxy) is 1. The molecule has 3 atom stereocenters. The number of nitriles is 1. The molecule has 1 rings (SSSR count). The van der Waals surface area contributed by atoms with Crippen molar-refractivity contribution >= 4 is 0 Å². The van der Waals surface area contributed by atoms with Gasteiger partial charge in [-0.2, -0.15) is 5.26 Å². The van der Waals surface area contributed by atoms with E-state index in [0.717, 1.165) is 18.9 Å². The quantitative estimate of drug-likeness (QED) is 0.643. The standard InChI is InChI=1S/C12H19NO/c1-10(7-13)8-14-9-12-6-4-3-5-11(12)2/h3-4,10-12H,5-6,8-9H2,1-2H3. The van der Waals surface area contributed by atoms with Crippen LogP contribution in [-0.4, -0.2) is 13.2 Å². The van der Waals surface area contributed by atoms with Crippen molar-refractivity contribution in [3.8, 4) is 6.07 Å². The lowest BCUT2D eigenvalue weighted by Gasteiger charge is -2.25. The fourth-order valence-corrected chi connectivity index (χ4v) is 1.67. The van der Waals surface area contributed by atoms with Gasteiger partial charge in [0.15, 0.2) is 0 Å². The van der Waals surface area contributed by atoms with Gasteiger partial charge in [0.1, 0.15) is 0 Å². The summed E-state index contributed by atoms with van der Waals surface area (Å²) in [5.41, 5.74) is 0.